The minimum Gasteiger partial charge on any atom is -0.345 e. The molecule has 0 saturated heterocycles. The number of aromatic amines is 1. The normalized spacial score (nSPS) is 11.3. The van der Waals surface area contributed by atoms with Crippen LogP contribution < -0.4 is 5.32 Å². The van der Waals surface area contributed by atoms with Gasteiger partial charge in [0.1, 0.15) is 0 Å². The molecule has 0 radical (unpaired) electrons. The van der Waals surface area contributed by atoms with Crippen LogP contribution in [-0.2, 0) is 9.84 Å². The number of nitrogens with zero attached hydrogens (tertiary/aromatic N) is 1. The Morgan fingerprint density at radius 1 is 1.20 bits per heavy atom. The average Bonchev–Trinajstić information content (AvgIpc) is 3.08. The highest BCUT2D eigenvalue weighted by molar-refractivity contribution is 7.90. The maximum absolute atomic E-state index is 12.4. The van der Waals surface area contributed by atoms with Crippen molar-refractivity contribution in [3.63, 3.8) is 0 Å². The number of aromatic nitrogens is 2. The molecular formula is C17H14ClN3O3S. The summed E-state index contributed by atoms with van der Waals surface area (Å²) in [4.78, 5) is 19.5. The molecule has 0 fully saturated rings. The fourth-order valence-corrected chi connectivity index (χ4v) is 3.27. The standard InChI is InChI=1S/C17H14ClN3O3S/c1-25(23,24)13-5-6-14(15(18)8-13)17(22)21-12-4-2-3-11(7-12)16-9-19-10-20-16/h2-10H,1H3,(H,19,20)(H,21,22). The van der Waals surface area contributed by atoms with E-state index in [9.17, 15) is 13.2 Å². The molecule has 1 amide bonds. The summed E-state index contributed by atoms with van der Waals surface area (Å²) in [6, 6.07) is 11.3. The highest BCUT2D eigenvalue weighted by Crippen LogP contribution is 2.24. The largest absolute Gasteiger partial charge is 0.345 e. The molecule has 128 valence electrons. The number of amides is 1. The van der Waals surface area contributed by atoms with E-state index in [-0.39, 0.29) is 15.5 Å². The monoisotopic (exact) mass is 375 g/mol. The van der Waals surface area contributed by atoms with Crippen molar-refractivity contribution in [1.82, 2.24) is 9.97 Å². The number of carbonyl (C=O) groups excluding carboxylic acids is 1. The molecule has 0 aliphatic heterocycles. The quantitative estimate of drug-likeness (QED) is 0.731. The fraction of sp³-hybridized carbons (Fsp3) is 0.0588. The van der Waals surface area contributed by atoms with Gasteiger partial charge in [0.05, 0.1) is 33.7 Å². The number of benzene rings is 2. The first-order chi connectivity index (χ1) is 11.8. The van der Waals surface area contributed by atoms with Crippen molar-refractivity contribution in [3.05, 3.63) is 65.6 Å². The molecule has 25 heavy (non-hydrogen) atoms. The first-order valence-corrected chi connectivity index (χ1v) is 9.51. The van der Waals surface area contributed by atoms with Crippen molar-refractivity contribution in [1.29, 1.82) is 0 Å². The minimum absolute atomic E-state index is 0.0651. The molecule has 0 atom stereocenters. The van der Waals surface area contributed by atoms with Crippen LogP contribution in [0, 0.1) is 0 Å². The molecule has 1 heterocycles. The summed E-state index contributed by atoms with van der Waals surface area (Å²) in [5.74, 6) is -0.424. The van der Waals surface area contributed by atoms with Gasteiger partial charge in [-0.05, 0) is 30.3 Å². The Hall–Kier alpha value is -2.64. The lowest BCUT2D eigenvalue weighted by Gasteiger charge is -2.09. The lowest BCUT2D eigenvalue weighted by molar-refractivity contribution is 0.102. The van der Waals surface area contributed by atoms with E-state index in [4.69, 9.17) is 11.6 Å². The summed E-state index contributed by atoms with van der Waals surface area (Å²) in [6.07, 6.45) is 4.34. The number of anilines is 1. The third-order valence-corrected chi connectivity index (χ3v) is 4.97. The Morgan fingerprint density at radius 3 is 2.64 bits per heavy atom. The van der Waals surface area contributed by atoms with Gasteiger partial charge < -0.3 is 10.3 Å². The summed E-state index contributed by atoms with van der Waals surface area (Å²) in [5.41, 5.74) is 2.47. The number of sulfone groups is 1. The highest BCUT2D eigenvalue weighted by atomic mass is 35.5. The van der Waals surface area contributed by atoms with Gasteiger partial charge in [-0.25, -0.2) is 13.4 Å². The Labute approximate surface area is 149 Å². The molecule has 0 aliphatic rings. The summed E-state index contributed by atoms with van der Waals surface area (Å²) in [5, 5.41) is 2.83. The number of hydrogen-bond donors (Lipinski definition) is 2. The van der Waals surface area contributed by atoms with Crippen molar-refractivity contribution in [2.45, 2.75) is 4.90 Å². The van der Waals surface area contributed by atoms with Gasteiger partial charge >= 0.3 is 0 Å². The van der Waals surface area contributed by atoms with Gasteiger partial charge in [0.25, 0.3) is 5.91 Å². The zero-order valence-corrected chi connectivity index (χ0v) is 14.7. The summed E-state index contributed by atoms with van der Waals surface area (Å²) < 4.78 is 23.1. The van der Waals surface area contributed by atoms with Gasteiger partial charge in [-0.15, -0.1) is 0 Å². The maximum Gasteiger partial charge on any atom is 0.257 e. The van der Waals surface area contributed by atoms with E-state index in [1.807, 2.05) is 6.07 Å². The number of halogens is 1. The Kier molecular flexibility index (Phi) is 4.61. The van der Waals surface area contributed by atoms with E-state index >= 15 is 0 Å². The molecule has 6 nitrogen and oxygen atoms in total. The van der Waals surface area contributed by atoms with E-state index in [1.165, 1.54) is 18.2 Å². The van der Waals surface area contributed by atoms with E-state index in [0.717, 1.165) is 17.5 Å². The van der Waals surface area contributed by atoms with Crippen LogP contribution in [0.25, 0.3) is 11.3 Å². The van der Waals surface area contributed by atoms with Crippen LogP contribution in [0.5, 0.6) is 0 Å². The lowest BCUT2D eigenvalue weighted by Crippen LogP contribution is -2.13. The predicted octanol–water partition coefficient (Wildman–Crippen LogP) is 3.39. The van der Waals surface area contributed by atoms with Crippen LogP contribution in [-0.4, -0.2) is 30.5 Å². The highest BCUT2D eigenvalue weighted by Gasteiger charge is 2.15. The van der Waals surface area contributed by atoms with Crippen molar-refractivity contribution < 1.29 is 13.2 Å². The molecule has 2 N–H and O–H groups in total. The number of nitrogens with one attached hydrogen (secondary N) is 2. The Bertz CT molecular complexity index is 1030. The third-order valence-electron chi connectivity index (χ3n) is 3.54. The zero-order chi connectivity index (χ0) is 18.0. The van der Waals surface area contributed by atoms with Crippen LogP contribution in [0.1, 0.15) is 10.4 Å². The van der Waals surface area contributed by atoms with Gasteiger partial charge in [-0.3, -0.25) is 4.79 Å². The fourth-order valence-electron chi connectivity index (χ4n) is 2.29. The van der Waals surface area contributed by atoms with Crippen molar-refractivity contribution in [2.24, 2.45) is 0 Å². The molecular weight excluding hydrogens is 362 g/mol. The Morgan fingerprint density at radius 2 is 2.00 bits per heavy atom. The average molecular weight is 376 g/mol. The van der Waals surface area contributed by atoms with Crippen LogP contribution in [0.15, 0.2) is 59.9 Å². The topological polar surface area (TPSA) is 91.9 Å². The van der Waals surface area contributed by atoms with E-state index in [1.54, 1.807) is 30.7 Å². The zero-order valence-electron chi connectivity index (χ0n) is 13.2. The van der Waals surface area contributed by atoms with Gasteiger partial charge in [0, 0.05) is 17.5 Å². The first-order valence-electron chi connectivity index (χ1n) is 7.24. The van der Waals surface area contributed by atoms with Crippen LogP contribution in [0.2, 0.25) is 5.02 Å². The van der Waals surface area contributed by atoms with Crippen molar-refractivity contribution in [3.8, 4) is 11.3 Å². The number of carbonyl (C=O) groups is 1. The third kappa shape index (κ3) is 3.89. The molecule has 3 rings (SSSR count). The second-order valence-corrected chi connectivity index (χ2v) is 7.84. The predicted molar refractivity (Wildman–Crippen MR) is 96.5 cm³/mol. The van der Waals surface area contributed by atoms with E-state index in [2.05, 4.69) is 15.3 Å². The molecule has 1 aromatic heterocycles. The van der Waals surface area contributed by atoms with Gasteiger partial charge in [0.2, 0.25) is 0 Å². The van der Waals surface area contributed by atoms with Gasteiger partial charge in [-0.1, -0.05) is 23.7 Å². The maximum atomic E-state index is 12.4. The molecule has 2 aromatic carbocycles. The van der Waals surface area contributed by atoms with Gasteiger partial charge in [0.15, 0.2) is 9.84 Å². The van der Waals surface area contributed by atoms with Crippen molar-refractivity contribution in [2.75, 3.05) is 11.6 Å². The van der Waals surface area contributed by atoms with E-state index in [0.29, 0.717) is 5.69 Å². The summed E-state index contributed by atoms with van der Waals surface area (Å²) in [7, 11) is -3.38. The minimum atomic E-state index is -3.38. The number of hydrogen-bond acceptors (Lipinski definition) is 4. The molecule has 0 saturated carbocycles. The molecule has 0 bridgehead atoms. The SMILES string of the molecule is CS(=O)(=O)c1ccc(C(=O)Nc2cccc(-c3cnc[nH]3)c2)c(Cl)c1. The van der Waals surface area contributed by atoms with Crippen LogP contribution in [0.3, 0.4) is 0 Å². The molecule has 0 aliphatic carbocycles. The summed E-state index contributed by atoms with van der Waals surface area (Å²) >= 11 is 6.07. The number of H-pyrrole nitrogens is 1. The number of rotatable bonds is 4. The molecule has 8 heteroatoms. The van der Waals surface area contributed by atoms with Crippen molar-refractivity contribution >= 4 is 33.0 Å². The Balaban J connectivity index is 1.85. The van der Waals surface area contributed by atoms with Crippen LogP contribution in [0.4, 0.5) is 5.69 Å². The molecule has 0 spiro atoms. The van der Waals surface area contributed by atoms with Gasteiger partial charge in [-0.2, -0.15) is 0 Å². The van der Waals surface area contributed by atoms with Crippen LogP contribution >= 0.6 is 11.6 Å². The molecule has 0 unspecified atom stereocenters. The summed E-state index contributed by atoms with van der Waals surface area (Å²) in [6.45, 7) is 0. The first kappa shape index (κ1) is 17.2. The lowest BCUT2D eigenvalue weighted by atomic mass is 10.1. The smallest absolute Gasteiger partial charge is 0.257 e. The second-order valence-electron chi connectivity index (χ2n) is 5.41. The molecule has 3 aromatic rings. The number of imidazole rings is 1. The van der Waals surface area contributed by atoms with E-state index < -0.39 is 15.7 Å². The second kappa shape index (κ2) is 6.70.